The fourth-order valence-electron chi connectivity index (χ4n) is 1.55. The van der Waals surface area contributed by atoms with Crippen LogP contribution in [0.5, 0.6) is 0 Å². The van der Waals surface area contributed by atoms with E-state index in [2.05, 4.69) is 0 Å². The van der Waals surface area contributed by atoms with Gasteiger partial charge in [0.25, 0.3) is 5.91 Å². The van der Waals surface area contributed by atoms with E-state index in [4.69, 9.17) is 16.9 Å². The molecule has 0 aliphatic carbocycles. The molecule has 0 N–H and O–H groups in total. The Morgan fingerprint density at radius 1 is 1.45 bits per heavy atom. The molecule has 20 heavy (non-hydrogen) atoms. The van der Waals surface area contributed by atoms with Crippen molar-refractivity contribution in [3.05, 3.63) is 34.3 Å². The highest BCUT2D eigenvalue weighted by molar-refractivity contribution is 6.31. The molecule has 0 spiro atoms. The van der Waals surface area contributed by atoms with E-state index >= 15 is 0 Å². The molecule has 1 atom stereocenters. The third kappa shape index (κ3) is 3.87. The minimum absolute atomic E-state index is 0.0922. The van der Waals surface area contributed by atoms with Gasteiger partial charge < -0.3 is 4.90 Å². The zero-order valence-electron chi connectivity index (χ0n) is 10.8. The molecule has 0 radical (unpaired) electrons. The van der Waals surface area contributed by atoms with Gasteiger partial charge in [0.15, 0.2) is 0 Å². The summed E-state index contributed by atoms with van der Waals surface area (Å²) in [4.78, 5) is 13.3. The van der Waals surface area contributed by atoms with Crippen LogP contribution in [0.2, 0.25) is 5.02 Å². The van der Waals surface area contributed by atoms with Gasteiger partial charge in [0.2, 0.25) is 0 Å². The van der Waals surface area contributed by atoms with Crippen molar-refractivity contribution in [2.45, 2.75) is 25.6 Å². The number of hydrogen-bond acceptors (Lipinski definition) is 2. The first-order valence-corrected chi connectivity index (χ1v) is 6.06. The largest absolute Gasteiger partial charge is 0.416 e. The van der Waals surface area contributed by atoms with Crippen LogP contribution in [0.1, 0.15) is 29.3 Å². The van der Waals surface area contributed by atoms with Gasteiger partial charge in [0.05, 0.1) is 18.1 Å². The van der Waals surface area contributed by atoms with E-state index in [-0.39, 0.29) is 17.0 Å². The Hall–Kier alpha value is -1.74. The number of alkyl halides is 3. The molecule has 0 aromatic heterocycles. The second-order valence-corrected chi connectivity index (χ2v) is 4.79. The maximum atomic E-state index is 12.7. The first-order chi connectivity index (χ1) is 9.16. The molecule has 0 saturated heterocycles. The summed E-state index contributed by atoms with van der Waals surface area (Å²) in [6, 6.07) is 4.19. The number of rotatable bonds is 3. The number of carbonyl (C=O) groups is 1. The number of benzene rings is 1. The lowest BCUT2D eigenvalue weighted by Crippen LogP contribution is -2.35. The van der Waals surface area contributed by atoms with Gasteiger partial charge in [-0.3, -0.25) is 4.79 Å². The van der Waals surface area contributed by atoms with Gasteiger partial charge in [-0.25, -0.2) is 0 Å². The number of nitrogens with zero attached hydrogens (tertiary/aromatic N) is 2. The highest BCUT2D eigenvalue weighted by Crippen LogP contribution is 2.32. The highest BCUT2D eigenvalue weighted by Gasteiger charge is 2.32. The predicted octanol–water partition coefficient (Wildman–Crippen LogP) is 3.73. The minimum atomic E-state index is -4.57. The van der Waals surface area contributed by atoms with E-state index in [0.717, 1.165) is 12.1 Å². The van der Waals surface area contributed by atoms with Crippen molar-refractivity contribution < 1.29 is 18.0 Å². The summed E-state index contributed by atoms with van der Waals surface area (Å²) >= 11 is 5.62. The normalized spacial score (nSPS) is 12.7. The van der Waals surface area contributed by atoms with Crippen LogP contribution in [0.15, 0.2) is 18.2 Å². The van der Waals surface area contributed by atoms with Crippen LogP contribution in [0.4, 0.5) is 13.2 Å². The van der Waals surface area contributed by atoms with Crippen molar-refractivity contribution in [2.24, 2.45) is 0 Å². The molecule has 0 saturated carbocycles. The Labute approximate surface area is 119 Å². The summed E-state index contributed by atoms with van der Waals surface area (Å²) in [5.74, 6) is -0.610. The van der Waals surface area contributed by atoms with E-state index in [0.29, 0.717) is 0 Å². The average Bonchev–Trinajstić information content (AvgIpc) is 2.35. The van der Waals surface area contributed by atoms with Gasteiger partial charge in [-0.2, -0.15) is 18.4 Å². The maximum absolute atomic E-state index is 12.7. The fraction of sp³-hybridized carbons (Fsp3) is 0.385. The molecule has 7 heteroatoms. The average molecular weight is 305 g/mol. The van der Waals surface area contributed by atoms with Gasteiger partial charge in [-0.15, -0.1) is 0 Å². The smallest absolute Gasteiger partial charge is 0.338 e. The molecular formula is C13H12ClF3N2O. The SMILES string of the molecule is CC(CC#N)N(C)C(=O)c1cc(Cl)cc(C(F)(F)F)c1. The molecule has 0 fully saturated rings. The molecule has 0 heterocycles. The Kier molecular flexibility index (Phi) is 5.01. The topological polar surface area (TPSA) is 44.1 Å². The molecule has 0 aliphatic rings. The fourth-order valence-corrected chi connectivity index (χ4v) is 1.78. The molecule has 0 bridgehead atoms. The number of halogens is 4. The van der Waals surface area contributed by atoms with E-state index in [1.807, 2.05) is 6.07 Å². The van der Waals surface area contributed by atoms with Crippen LogP contribution in [0.25, 0.3) is 0 Å². The zero-order valence-corrected chi connectivity index (χ0v) is 11.6. The van der Waals surface area contributed by atoms with Crippen molar-refractivity contribution in [3.8, 4) is 6.07 Å². The van der Waals surface area contributed by atoms with Crippen LogP contribution < -0.4 is 0 Å². The standard InChI is InChI=1S/C13H12ClF3N2O/c1-8(3-4-18)19(2)12(20)9-5-10(13(15,16)17)7-11(14)6-9/h5-8H,3H2,1-2H3. The second kappa shape index (κ2) is 6.14. The quantitative estimate of drug-likeness (QED) is 0.854. The van der Waals surface area contributed by atoms with Crippen LogP contribution in [-0.2, 0) is 6.18 Å². The molecule has 1 amide bonds. The van der Waals surface area contributed by atoms with Crippen molar-refractivity contribution in [2.75, 3.05) is 7.05 Å². The van der Waals surface area contributed by atoms with Crippen LogP contribution in [0.3, 0.4) is 0 Å². The van der Waals surface area contributed by atoms with E-state index < -0.39 is 23.7 Å². The molecule has 1 rings (SSSR count). The lowest BCUT2D eigenvalue weighted by atomic mass is 10.1. The first-order valence-electron chi connectivity index (χ1n) is 5.68. The highest BCUT2D eigenvalue weighted by atomic mass is 35.5. The summed E-state index contributed by atoms with van der Waals surface area (Å²) in [6.45, 7) is 1.64. The summed E-state index contributed by atoms with van der Waals surface area (Å²) in [7, 11) is 1.43. The van der Waals surface area contributed by atoms with Crippen molar-refractivity contribution in [3.63, 3.8) is 0 Å². The Morgan fingerprint density at radius 2 is 2.05 bits per heavy atom. The number of nitriles is 1. The third-order valence-electron chi connectivity index (χ3n) is 2.84. The van der Waals surface area contributed by atoms with Crippen LogP contribution in [-0.4, -0.2) is 23.9 Å². The second-order valence-electron chi connectivity index (χ2n) is 4.35. The van der Waals surface area contributed by atoms with Crippen molar-refractivity contribution in [1.29, 1.82) is 5.26 Å². The molecule has 1 unspecified atom stereocenters. The summed E-state index contributed by atoms with van der Waals surface area (Å²) in [6.07, 6.45) is -4.48. The lowest BCUT2D eigenvalue weighted by Gasteiger charge is -2.23. The summed E-state index contributed by atoms with van der Waals surface area (Å²) in [5.41, 5.74) is -1.13. The molecular weight excluding hydrogens is 293 g/mol. The summed E-state index contributed by atoms with van der Waals surface area (Å²) in [5, 5.41) is 8.41. The van der Waals surface area contributed by atoms with Crippen molar-refractivity contribution >= 4 is 17.5 Å². The molecule has 1 aromatic carbocycles. The van der Waals surface area contributed by atoms with Crippen LogP contribution >= 0.6 is 11.6 Å². The number of hydrogen-bond donors (Lipinski definition) is 0. The Bertz CT molecular complexity index is 552. The monoisotopic (exact) mass is 304 g/mol. The van der Waals surface area contributed by atoms with E-state index in [9.17, 15) is 18.0 Å². The van der Waals surface area contributed by atoms with Gasteiger partial charge in [-0.05, 0) is 25.1 Å². The van der Waals surface area contributed by atoms with Gasteiger partial charge in [0.1, 0.15) is 0 Å². The number of carbonyl (C=O) groups excluding carboxylic acids is 1. The molecule has 3 nitrogen and oxygen atoms in total. The van der Waals surface area contributed by atoms with Gasteiger partial charge in [-0.1, -0.05) is 11.6 Å². The van der Waals surface area contributed by atoms with Gasteiger partial charge in [0, 0.05) is 23.7 Å². The minimum Gasteiger partial charge on any atom is -0.338 e. The first kappa shape index (κ1) is 16.3. The lowest BCUT2D eigenvalue weighted by molar-refractivity contribution is -0.137. The van der Waals surface area contributed by atoms with E-state index in [1.54, 1.807) is 6.92 Å². The Morgan fingerprint density at radius 3 is 2.55 bits per heavy atom. The molecule has 108 valence electrons. The third-order valence-corrected chi connectivity index (χ3v) is 3.06. The maximum Gasteiger partial charge on any atom is 0.416 e. The van der Waals surface area contributed by atoms with Crippen molar-refractivity contribution in [1.82, 2.24) is 4.90 Å². The summed E-state index contributed by atoms with van der Waals surface area (Å²) < 4.78 is 38.0. The zero-order chi connectivity index (χ0) is 15.5. The molecule has 1 aromatic rings. The number of amides is 1. The van der Waals surface area contributed by atoms with Gasteiger partial charge >= 0.3 is 6.18 Å². The van der Waals surface area contributed by atoms with Crippen LogP contribution in [0, 0.1) is 11.3 Å². The van der Waals surface area contributed by atoms with E-state index in [1.165, 1.54) is 18.0 Å². The predicted molar refractivity (Wildman–Crippen MR) is 68.2 cm³/mol. The molecule has 0 aliphatic heterocycles. The Balaban J connectivity index is 3.11.